The third-order valence-corrected chi connectivity index (χ3v) is 5.81. The normalized spacial score (nSPS) is 11.1. The van der Waals surface area contributed by atoms with Crippen molar-refractivity contribution in [1.82, 2.24) is 15.2 Å². The van der Waals surface area contributed by atoms with Crippen LogP contribution in [-0.4, -0.2) is 21.9 Å². The molecule has 1 amide bonds. The summed E-state index contributed by atoms with van der Waals surface area (Å²) in [6.45, 7) is 0.657. The maximum atomic E-state index is 12.2. The smallest absolute Gasteiger partial charge is 0.267 e. The summed E-state index contributed by atoms with van der Waals surface area (Å²) in [6.07, 6.45) is 3.57. The highest BCUT2D eigenvalue weighted by atomic mass is 79.9. The maximum Gasteiger partial charge on any atom is 0.281 e. The lowest BCUT2D eigenvalue weighted by Gasteiger charge is -2.01. The molecule has 29 heavy (non-hydrogen) atoms. The molecule has 2 heterocycles. The van der Waals surface area contributed by atoms with Crippen molar-refractivity contribution >= 4 is 39.4 Å². The quantitative estimate of drug-likeness (QED) is 0.315. The molecule has 7 heteroatoms. The van der Waals surface area contributed by atoms with E-state index in [0.29, 0.717) is 11.4 Å². The molecule has 5 nitrogen and oxygen atoms in total. The first-order valence-electron chi connectivity index (χ1n) is 8.94. The third-order valence-electron chi connectivity index (χ3n) is 4.19. The first kappa shape index (κ1) is 19.3. The van der Waals surface area contributed by atoms with E-state index >= 15 is 0 Å². The first-order chi connectivity index (χ1) is 14.2. The van der Waals surface area contributed by atoms with Crippen molar-refractivity contribution in [3.63, 3.8) is 0 Å². The fourth-order valence-corrected chi connectivity index (χ4v) is 4.13. The Labute approximate surface area is 180 Å². The summed E-state index contributed by atoms with van der Waals surface area (Å²) < 4.78 is 2.79. The van der Waals surface area contributed by atoms with E-state index in [4.69, 9.17) is 5.10 Å². The number of hydrogen-bond donors (Lipinski definition) is 1. The highest BCUT2D eigenvalue weighted by Gasteiger charge is 2.11. The molecule has 0 saturated carbocycles. The van der Waals surface area contributed by atoms with Crippen LogP contribution in [0.15, 0.2) is 87.9 Å². The molecule has 0 aliphatic carbocycles. The molecule has 0 fully saturated rings. The van der Waals surface area contributed by atoms with Gasteiger partial charge in [-0.05, 0) is 33.6 Å². The average molecular weight is 465 g/mol. The molecule has 0 radical (unpaired) electrons. The van der Waals surface area contributed by atoms with E-state index in [1.54, 1.807) is 12.3 Å². The van der Waals surface area contributed by atoms with Crippen molar-refractivity contribution in [1.29, 1.82) is 0 Å². The minimum atomic E-state index is -0.241. The molecule has 0 saturated heterocycles. The number of carbonyl (C=O) groups excluding carboxylic acids is 1. The zero-order valence-corrected chi connectivity index (χ0v) is 17.7. The number of nitrogens with one attached hydrogen (secondary N) is 1. The Balaban J connectivity index is 1.57. The van der Waals surface area contributed by atoms with Crippen LogP contribution in [0.2, 0.25) is 0 Å². The van der Waals surface area contributed by atoms with E-state index in [-0.39, 0.29) is 5.91 Å². The SMILES string of the molecule is O=C(N/N=C\c1cn(Cc2ccccc2)nc1-c1ccccc1)c1ccc(Br)s1. The number of carbonyl (C=O) groups is 1. The van der Waals surface area contributed by atoms with Gasteiger partial charge in [0.1, 0.15) is 5.69 Å². The molecule has 0 spiro atoms. The second-order valence-corrected chi connectivity index (χ2v) is 8.75. The van der Waals surface area contributed by atoms with Crippen LogP contribution in [0.1, 0.15) is 20.8 Å². The van der Waals surface area contributed by atoms with Crippen LogP contribution >= 0.6 is 27.3 Å². The molecular formula is C22H17BrN4OS. The molecule has 4 rings (SSSR count). The number of nitrogens with zero attached hydrogens (tertiary/aromatic N) is 3. The number of amides is 1. The predicted molar refractivity (Wildman–Crippen MR) is 120 cm³/mol. The van der Waals surface area contributed by atoms with Crippen molar-refractivity contribution in [3.05, 3.63) is 98.8 Å². The molecule has 2 aromatic heterocycles. The minimum Gasteiger partial charge on any atom is -0.267 e. The highest BCUT2D eigenvalue weighted by Crippen LogP contribution is 2.22. The molecule has 0 aliphatic heterocycles. The summed E-state index contributed by atoms with van der Waals surface area (Å²) in [7, 11) is 0. The Morgan fingerprint density at radius 3 is 2.48 bits per heavy atom. The van der Waals surface area contributed by atoms with Crippen molar-refractivity contribution in [2.75, 3.05) is 0 Å². The third kappa shape index (κ3) is 4.88. The van der Waals surface area contributed by atoms with Crippen LogP contribution in [0.5, 0.6) is 0 Å². The summed E-state index contributed by atoms with van der Waals surface area (Å²) in [6, 6.07) is 23.7. The van der Waals surface area contributed by atoms with Crippen LogP contribution in [0.4, 0.5) is 0 Å². The molecule has 4 aromatic rings. The van der Waals surface area contributed by atoms with Crippen molar-refractivity contribution in [3.8, 4) is 11.3 Å². The van der Waals surface area contributed by atoms with Gasteiger partial charge in [-0.25, -0.2) is 5.43 Å². The molecule has 0 atom stereocenters. The molecule has 144 valence electrons. The zero-order chi connectivity index (χ0) is 20.1. The summed E-state index contributed by atoms with van der Waals surface area (Å²) in [5.74, 6) is -0.241. The van der Waals surface area contributed by atoms with Gasteiger partial charge in [-0.1, -0.05) is 60.7 Å². The Morgan fingerprint density at radius 1 is 1.07 bits per heavy atom. The van der Waals surface area contributed by atoms with E-state index in [2.05, 4.69) is 38.6 Å². The van der Waals surface area contributed by atoms with Gasteiger partial charge in [0.15, 0.2) is 0 Å². The first-order valence-corrected chi connectivity index (χ1v) is 10.6. The summed E-state index contributed by atoms with van der Waals surface area (Å²) >= 11 is 4.72. The van der Waals surface area contributed by atoms with Crippen LogP contribution in [0.25, 0.3) is 11.3 Å². The van der Waals surface area contributed by atoms with Gasteiger partial charge in [-0.2, -0.15) is 10.2 Å². The number of halogens is 1. The van der Waals surface area contributed by atoms with Gasteiger partial charge in [0.25, 0.3) is 5.91 Å². The monoisotopic (exact) mass is 464 g/mol. The van der Waals surface area contributed by atoms with Gasteiger partial charge >= 0.3 is 0 Å². The Bertz CT molecular complexity index is 1140. The number of hydrazone groups is 1. The summed E-state index contributed by atoms with van der Waals surface area (Å²) in [5.41, 5.74) is 6.39. The van der Waals surface area contributed by atoms with Gasteiger partial charge in [0.2, 0.25) is 0 Å². The van der Waals surface area contributed by atoms with Crippen molar-refractivity contribution in [2.45, 2.75) is 6.54 Å². The van der Waals surface area contributed by atoms with Crippen LogP contribution < -0.4 is 5.43 Å². The van der Waals surface area contributed by atoms with E-state index < -0.39 is 0 Å². The standard InChI is InChI=1S/C22H17BrN4OS/c23-20-12-11-19(29-20)22(28)25-24-13-18-15-27(14-16-7-3-1-4-8-16)26-21(18)17-9-5-2-6-10-17/h1-13,15H,14H2,(H,25,28)/b24-13-. The lowest BCUT2D eigenvalue weighted by atomic mass is 10.1. The van der Waals surface area contributed by atoms with Crippen molar-refractivity contribution < 1.29 is 4.79 Å². The van der Waals surface area contributed by atoms with E-state index in [0.717, 1.165) is 26.2 Å². The van der Waals surface area contributed by atoms with Gasteiger partial charge in [-0.15, -0.1) is 11.3 Å². The molecule has 1 N–H and O–H groups in total. The Hall–Kier alpha value is -3.03. The molecule has 0 unspecified atom stereocenters. The van der Waals surface area contributed by atoms with E-state index in [1.807, 2.05) is 65.5 Å². The summed E-state index contributed by atoms with van der Waals surface area (Å²) in [5, 5.41) is 8.89. The van der Waals surface area contributed by atoms with Gasteiger partial charge in [-0.3, -0.25) is 9.48 Å². The largest absolute Gasteiger partial charge is 0.281 e. The van der Waals surface area contributed by atoms with E-state index in [1.165, 1.54) is 11.3 Å². The fraction of sp³-hybridized carbons (Fsp3) is 0.0455. The second-order valence-electron chi connectivity index (χ2n) is 6.29. The lowest BCUT2D eigenvalue weighted by molar-refractivity contribution is 0.0959. The number of rotatable bonds is 6. The predicted octanol–water partition coefficient (Wildman–Crippen LogP) is 5.19. The minimum absolute atomic E-state index is 0.241. The second kappa shape index (κ2) is 8.98. The van der Waals surface area contributed by atoms with Crippen LogP contribution in [0, 0.1) is 0 Å². The average Bonchev–Trinajstić information content (AvgIpc) is 3.36. The van der Waals surface area contributed by atoms with Crippen LogP contribution in [0.3, 0.4) is 0 Å². The van der Waals surface area contributed by atoms with Gasteiger partial charge < -0.3 is 0 Å². The number of hydrogen-bond acceptors (Lipinski definition) is 4. The maximum absolute atomic E-state index is 12.2. The number of benzene rings is 2. The topological polar surface area (TPSA) is 59.3 Å². The Kier molecular flexibility index (Phi) is 5.97. The van der Waals surface area contributed by atoms with Gasteiger partial charge in [0.05, 0.1) is 21.4 Å². The highest BCUT2D eigenvalue weighted by molar-refractivity contribution is 9.11. The lowest BCUT2D eigenvalue weighted by Crippen LogP contribution is -2.16. The molecule has 0 aliphatic rings. The van der Waals surface area contributed by atoms with Crippen molar-refractivity contribution in [2.24, 2.45) is 5.10 Å². The zero-order valence-electron chi connectivity index (χ0n) is 15.3. The number of aromatic nitrogens is 2. The summed E-state index contributed by atoms with van der Waals surface area (Å²) in [4.78, 5) is 12.8. The van der Waals surface area contributed by atoms with Gasteiger partial charge in [0, 0.05) is 17.3 Å². The Morgan fingerprint density at radius 2 is 1.79 bits per heavy atom. The fourth-order valence-electron chi connectivity index (χ4n) is 2.85. The molecular weight excluding hydrogens is 448 g/mol. The number of thiophene rings is 1. The van der Waals surface area contributed by atoms with Crippen LogP contribution in [-0.2, 0) is 6.54 Å². The molecule has 0 bridgehead atoms. The van der Waals surface area contributed by atoms with E-state index in [9.17, 15) is 4.79 Å². The molecule has 2 aromatic carbocycles.